The molecular weight excluding hydrogens is 316 g/mol. The smallest absolute Gasteiger partial charge is 0.257 e. The Balaban J connectivity index is 1.80. The summed E-state index contributed by atoms with van der Waals surface area (Å²) in [5, 5.41) is 9.94. The summed E-state index contributed by atoms with van der Waals surface area (Å²) in [6, 6.07) is 9.50. The van der Waals surface area contributed by atoms with E-state index >= 15 is 0 Å². The van der Waals surface area contributed by atoms with Gasteiger partial charge in [0.2, 0.25) is 0 Å². The number of pyridine rings is 1. The van der Waals surface area contributed by atoms with Gasteiger partial charge in [-0.3, -0.25) is 9.78 Å². The van der Waals surface area contributed by atoms with Crippen molar-refractivity contribution in [1.29, 1.82) is 0 Å². The molecule has 1 aromatic carbocycles. The third kappa shape index (κ3) is 3.85. The molecule has 6 heteroatoms. The highest BCUT2D eigenvalue weighted by Gasteiger charge is 2.12. The Morgan fingerprint density at radius 2 is 2.04 bits per heavy atom. The van der Waals surface area contributed by atoms with Crippen molar-refractivity contribution in [1.82, 2.24) is 10.1 Å². The predicted octanol–water partition coefficient (Wildman–Crippen LogP) is 4.24. The van der Waals surface area contributed by atoms with Crippen molar-refractivity contribution in [3.05, 3.63) is 65.2 Å². The number of anilines is 3. The lowest BCUT2D eigenvalue weighted by Gasteiger charge is -2.13. The number of nitrogens with one attached hydrogen (secondary N) is 2. The zero-order valence-corrected chi connectivity index (χ0v) is 14.5. The van der Waals surface area contributed by atoms with Gasteiger partial charge < -0.3 is 15.2 Å². The second kappa shape index (κ2) is 7.17. The minimum Gasteiger partial charge on any atom is -0.360 e. The van der Waals surface area contributed by atoms with Gasteiger partial charge in [-0.05, 0) is 37.5 Å². The van der Waals surface area contributed by atoms with Gasteiger partial charge in [-0.1, -0.05) is 30.3 Å². The summed E-state index contributed by atoms with van der Waals surface area (Å²) in [5.74, 6) is 1.08. The van der Waals surface area contributed by atoms with Crippen LogP contribution in [-0.2, 0) is 6.42 Å². The van der Waals surface area contributed by atoms with Crippen LogP contribution in [-0.4, -0.2) is 16.0 Å². The normalized spacial score (nSPS) is 10.5. The molecule has 2 N–H and O–H groups in total. The Hall–Kier alpha value is -3.15. The fourth-order valence-electron chi connectivity index (χ4n) is 2.59. The van der Waals surface area contributed by atoms with Crippen LogP contribution >= 0.6 is 0 Å². The summed E-state index contributed by atoms with van der Waals surface area (Å²) in [5.41, 5.74) is 4.14. The van der Waals surface area contributed by atoms with Crippen molar-refractivity contribution in [2.75, 3.05) is 10.6 Å². The number of aromatic nitrogens is 2. The highest BCUT2D eigenvalue weighted by atomic mass is 16.5. The van der Waals surface area contributed by atoms with E-state index in [0.29, 0.717) is 22.8 Å². The van der Waals surface area contributed by atoms with E-state index in [9.17, 15) is 4.79 Å². The van der Waals surface area contributed by atoms with Gasteiger partial charge in [-0.25, -0.2) is 0 Å². The van der Waals surface area contributed by atoms with E-state index < -0.39 is 0 Å². The molecule has 0 saturated heterocycles. The first kappa shape index (κ1) is 16.7. The lowest BCUT2D eigenvalue weighted by Crippen LogP contribution is -2.14. The summed E-state index contributed by atoms with van der Waals surface area (Å²) in [6.07, 6.45) is 4.02. The summed E-state index contributed by atoms with van der Waals surface area (Å²) in [7, 11) is 0. The Morgan fingerprint density at radius 3 is 2.76 bits per heavy atom. The number of rotatable bonds is 5. The van der Waals surface area contributed by atoms with Crippen molar-refractivity contribution >= 4 is 23.1 Å². The first-order chi connectivity index (χ1) is 12.1. The van der Waals surface area contributed by atoms with Crippen LogP contribution in [0, 0.1) is 13.8 Å². The molecule has 0 aliphatic carbocycles. The summed E-state index contributed by atoms with van der Waals surface area (Å²) < 4.78 is 5.02. The molecule has 0 spiro atoms. The number of hydrogen-bond acceptors (Lipinski definition) is 5. The molecule has 0 atom stereocenters. The molecule has 6 nitrogen and oxygen atoms in total. The molecule has 2 aromatic heterocycles. The number of para-hydroxylation sites is 1. The van der Waals surface area contributed by atoms with Gasteiger partial charge in [-0.2, -0.15) is 0 Å². The van der Waals surface area contributed by atoms with Gasteiger partial charge in [0.25, 0.3) is 5.91 Å². The van der Waals surface area contributed by atoms with Crippen LogP contribution in [0.4, 0.5) is 17.2 Å². The molecule has 0 aliphatic heterocycles. The standard InChI is InChI=1S/C19H20N4O2/c1-4-14-7-5-6-12(2)18(14)22-19(24)15-9-16(11-20-10-15)21-17-8-13(3)25-23-17/h5-11H,4H2,1-3H3,(H,21,23)(H,22,24). The molecule has 0 bridgehead atoms. The topological polar surface area (TPSA) is 80.0 Å². The molecule has 1 amide bonds. The number of amides is 1. The van der Waals surface area contributed by atoms with Crippen molar-refractivity contribution in [2.45, 2.75) is 27.2 Å². The van der Waals surface area contributed by atoms with Crippen LogP contribution in [0.15, 0.2) is 47.2 Å². The first-order valence-corrected chi connectivity index (χ1v) is 8.12. The summed E-state index contributed by atoms with van der Waals surface area (Å²) >= 11 is 0. The Bertz CT molecular complexity index is 902. The van der Waals surface area contributed by atoms with Gasteiger partial charge in [0.1, 0.15) is 5.76 Å². The predicted molar refractivity (Wildman–Crippen MR) is 97.3 cm³/mol. The SMILES string of the molecule is CCc1cccc(C)c1NC(=O)c1cncc(Nc2cc(C)on2)c1. The largest absolute Gasteiger partial charge is 0.360 e. The molecule has 128 valence electrons. The van der Waals surface area contributed by atoms with E-state index in [-0.39, 0.29) is 5.91 Å². The van der Waals surface area contributed by atoms with Crippen LogP contribution in [0.25, 0.3) is 0 Å². The second-order valence-electron chi connectivity index (χ2n) is 5.83. The van der Waals surface area contributed by atoms with E-state index in [1.54, 1.807) is 24.5 Å². The fraction of sp³-hybridized carbons (Fsp3) is 0.211. The van der Waals surface area contributed by atoms with E-state index in [2.05, 4.69) is 27.7 Å². The molecule has 0 saturated carbocycles. The van der Waals surface area contributed by atoms with E-state index in [4.69, 9.17) is 4.52 Å². The summed E-state index contributed by atoms with van der Waals surface area (Å²) in [6.45, 7) is 5.86. The first-order valence-electron chi connectivity index (χ1n) is 8.12. The molecule has 0 radical (unpaired) electrons. The highest BCUT2D eigenvalue weighted by Crippen LogP contribution is 2.22. The molecular formula is C19H20N4O2. The Morgan fingerprint density at radius 1 is 1.20 bits per heavy atom. The maximum Gasteiger partial charge on any atom is 0.257 e. The number of benzene rings is 1. The minimum absolute atomic E-state index is 0.198. The maximum absolute atomic E-state index is 12.6. The number of carbonyl (C=O) groups excluding carboxylic acids is 1. The third-order valence-electron chi connectivity index (χ3n) is 3.88. The van der Waals surface area contributed by atoms with E-state index in [1.807, 2.05) is 32.0 Å². The van der Waals surface area contributed by atoms with E-state index in [0.717, 1.165) is 23.2 Å². The molecule has 0 unspecified atom stereocenters. The number of nitrogens with zero attached hydrogens (tertiary/aromatic N) is 2. The van der Waals surface area contributed by atoms with Crippen molar-refractivity contribution in [3.63, 3.8) is 0 Å². The van der Waals surface area contributed by atoms with Crippen LogP contribution in [0.5, 0.6) is 0 Å². The number of hydrogen-bond donors (Lipinski definition) is 2. The maximum atomic E-state index is 12.6. The van der Waals surface area contributed by atoms with Crippen molar-refractivity contribution in [3.8, 4) is 0 Å². The van der Waals surface area contributed by atoms with E-state index in [1.165, 1.54) is 0 Å². The highest BCUT2D eigenvalue weighted by molar-refractivity contribution is 6.05. The van der Waals surface area contributed by atoms with Gasteiger partial charge in [0.05, 0.1) is 17.4 Å². The Kier molecular flexibility index (Phi) is 4.79. The quantitative estimate of drug-likeness (QED) is 0.728. The fourth-order valence-corrected chi connectivity index (χ4v) is 2.59. The zero-order valence-electron chi connectivity index (χ0n) is 14.5. The van der Waals surface area contributed by atoms with Crippen molar-refractivity contribution < 1.29 is 9.32 Å². The van der Waals surface area contributed by atoms with Gasteiger partial charge in [-0.15, -0.1) is 0 Å². The average molecular weight is 336 g/mol. The van der Waals surface area contributed by atoms with Gasteiger partial charge >= 0.3 is 0 Å². The van der Waals surface area contributed by atoms with Crippen LogP contribution in [0.2, 0.25) is 0 Å². The molecule has 0 aliphatic rings. The average Bonchev–Trinajstić information content (AvgIpc) is 3.01. The lowest BCUT2D eigenvalue weighted by atomic mass is 10.1. The lowest BCUT2D eigenvalue weighted by molar-refractivity contribution is 0.102. The number of carbonyl (C=O) groups is 1. The molecule has 0 fully saturated rings. The second-order valence-corrected chi connectivity index (χ2v) is 5.83. The molecule has 3 aromatic rings. The molecule has 3 rings (SSSR count). The van der Waals surface area contributed by atoms with Gasteiger partial charge in [0, 0.05) is 18.0 Å². The van der Waals surface area contributed by atoms with Crippen LogP contribution < -0.4 is 10.6 Å². The summed E-state index contributed by atoms with van der Waals surface area (Å²) in [4.78, 5) is 16.8. The number of aryl methyl sites for hydroxylation is 3. The van der Waals surface area contributed by atoms with Crippen LogP contribution in [0.1, 0.15) is 34.2 Å². The van der Waals surface area contributed by atoms with Crippen LogP contribution in [0.3, 0.4) is 0 Å². The molecule has 2 heterocycles. The monoisotopic (exact) mass is 336 g/mol. The van der Waals surface area contributed by atoms with Gasteiger partial charge in [0.15, 0.2) is 5.82 Å². The zero-order chi connectivity index (χ0) is 17.8. The van der Waals surface area contributed by atoms with Crippen molar-refractivity contribution in [2.24, 2.45) is 0 Å². The third-order valence-corrected chi connectivity index (χ3v) is 3.88. The Labute approximate surface area is 146 Å². The molecule has 25 heavy (non-hydrogen) atoms. The minimum atomic E-state index is -0.198.